The van der Waals surface area contributed by atoms with E-state index in [1.807, 2.05) is 13.8 Å². The molecule has 2 aliphatic carbocycles. The summed E-state index contributed by atoms with van der Waals surface area (Å²) >= 11 is 0. The van der Waals surface area contributed by atoms with E-state index in [-0.39, 0.29) is 17.4 Å². The van der Waals surface area contributed by atoms with Crippen LogP contribution in [0.5, 0.6) is 5.88 Å². The number of carbonyl (C=O) groups is 1. The van der Waals surface area contributed by atoms with Crippen LogP contribution in [0, 0.1) is 16.7 Å². The van der Waals surface area contributed by atoms with E-state index >= 15 is 0 Å². The second kappa shape index (κ2) is 6.57. The summed E-state index contributed by atoms with van der Waals surface area (Å²) in [5, 5.41) is 3.49. The molecule has 4 rings (SSSR count). The molecule has 1 aromatic heterocycles. The molecule has 1 heterocycles. The number of benzene rings is 1. The number of rotatable bonds is 5. The maximum absolute atomic E-state index is 13.2. The van der Waals surface area contributed by atoms with Crippen molar-refractivity contribution in [1.29, 1.82) is 0 Å². The van der Waals surface area contributed by atoms with Gasteiger partial charge in [0.05, 0.1) is 16.9 Å². The third kappa shape index (κ3) is 3.21. The van der Waals surface area contributed by atoms with Crippen LogP contribution in [0.4, 0.5) is 13.2 Å². The Morgan fingerprint density at radius 2 is 1.90 bits per heavy atom. The van der Waals surface area contributed by atoms with Crippen LogP contribution in [0.15, 0.2) is 36.4 Å². The minimum Gasteiger partial charge on any atom is -0.361 e. The first-order chi connectivity index (χ1) is 13.9. The van der Waals surface area contributed by atoms with Crippen molar-refractivity contribution in [3.8, 4) is 11.6 Å². The van der Waals surface area contributed by atoms with Crippen LogP contribution in [-0.4, -0.2) is 29.7 Å². The molecule has 0 aliphatic heterocycles. The summed E-state index contributed by atoms with van der Waals surface area (Å²) in [6.45, 7) is 3.75. The number of alkyl halides is 3. The van der Waals surface area contributed by atoms with Gasteiger partial charge in [-0.2, -0.15) is 31.4 Å². The number of ketones is 1. The van der Waals surface area contributed by atoms with Gasteiger partial charge in [-0.1, -0.05) is 32.0 Å². The molecule has 2 aromatic rings. The van der Waals surface area contributed by atoms with Crippen LogP contribution in [0.25, 0.3) is 5.69 Å². The first-order valence-electron chi connectivity index (χ1n) is 9.54. The molecule has 6 nitrogen and oxygen atoms in total. The molecule has 2 bridgehead atoms. The maximum Gasteiger partial charge on any atom is 0.435 e. The van der Waals surface area contributed by atoms with E-state index in [0.29, 0.717) is 18.9 Å². The number of hydrogen-bond donors (Lipinski definition) is 0. The molecule has 0 spiro atoms. The van der Waals surface area contributed by atoms with Crippen molar-refractivity contribution in [3.05, 3.63) is 42.1 Å². The second-order valence-electron chi connectivity index (χ2n) is 8.56. The van der Waals surface area contributed by atoms with Crippen molar-refractivity contribution in [2.75, 3.05) is 5.75 Å². The average Bonchev–Trinajstić information content (AvgIpc) is 3.21. The topological polar surface area (TPSA) is 78.3 Å². The highest BCUT2D eigenvalue weighted by molar-refractivity contribution is 7.87. The summed E-state index contributed by atoms with van der Waals surface area (Å²) in [7, 11) is -4.38. The summed E-state index contributed by atoms with van der Waals surface area (Å²) in [4.78, 5) is 12.6. The largest absolute Gasteiger partial charge is 0.435 e. The Morgan fingerprint density at radius 3 is 2.43 bits per heavy atom. The van der Waals surface area contributed by atoms with Crippen molar-refractivity contribution < 1.29 is 30.6 Å². The van der Waals surface area contributed by atoms with Gasteiger partial charge in [0.1, 0.15) is 5.78 Å². The van der Waals surface area contributed by atoms with Crippen molar-refractivity contribution >= 4 is 15.9 Å². The molecule has 2 unspecified atom stereocenters. The summed E-state index contributed by atoms with van der Waals surface area (Å²) in [5.41, 5.74) is -2.65. The standard InChI is InChI=1S/C20H21F3N2O4S/c1-18(2)13-8-9-19(18,16(26)10-13)12-30(27,28)29-17-11-15(20(21,22)23)24-25(17)14-6-4-3-5-7-14/h3-7,11,13H,8-10,12H2,1-2H3. The van der Waals surface area contributed by atoms with Gasteiger partial charge in [-0.25, -0.2) is 0 Å². The van der Waals surface area contributed by atoms with Gasteiger partial charge >= 0.3 is 16.3 Å². The number of nitrogens with zero attached hydrogens (tertiary/aromatic N) is 2. The van der Waals surface area contributed by atoms with Gasteiger partial charge in [0.15, 0.2) is 5.69 Å². The van der Waals surface area contributed by atoms with Crippen molar-refractivity contribution in [3.63, 3.8) is 0 Å². The first kappa shape index (κ1) is 20.9. The Morgan fingerprint density at radius 1 is 1.23 bits per heavy atom. The Kier molecular flexibility index (Phi) is 4.57. The van der Waals surface area contributed by atoms with Gasteiger partial charge in [-0.05, 0) is 36.3 Å². The van der Waals surface area contributed by atoms with E-state index in [1.54, 1.807) is 18.2 Å². The highest BCUT2D eigenvalue weighted by atomic mass is 32.2. The SMILES string of the molecule is CC1(C)C2CCC1(CS(=O)(=O)Oc1cc(C(F)(F)F)nn1-c1ccccc1)C(=O)C2. The number of aromatic nitrogens is 2. The van der Waals surface area contributed by atoms with Crippen LogP contribution < -0.4 is 4.18 Å². The van der Waals surface area contributed by atoms with Gasteiger partial charge in [0.25, 0.3) is 0 Å². The number of fused-ring (bicyclic) bond motifs is 2. The third-order valence-electron chi connectivity index (χ3n) is 6.74. The Balaban J connectivity index is 1.70. The lowest BCUT2D eigenvalue weighted by Crippen LogP contribution is -2.43. The fraction of sp³-hybridized carbons (Fsp3) is 0.500. The van der Waals surface area contributed by atoms with Crippen LogP contribution in [0.1, 0.15) is 38.8 Å². The zero-order valence-corrected chi connectivity index (χ0v) is 17.3. The predicted octanol–water partition coefficient (Wildman–Crippen LogP) is 4.00. The van der Waals surface area contributed by atoms with Gasteiger partial charge in [-0.15, -0.1) is 0 Å². The lowest BCUT2D eigenvalue weighted by atomic mass is 9.70. The zero-order valence-electron chi connectivity index (χ0n) is 16.4. The van der Waals surface area contributed by atoms with Crippen LogP contribution in [-0.2, 0) is 21.1 Å². The highest BCUT2D eigenvalue weighted by Gasteiger charge is 2.65. The predicted molar refractivity (Wildman–Crippen MR) is 102 cm³/mol. The number of para-hydroxylation sites is 1. The van der Waals surface area contributed by atoms with Crippen molar-refractivity contribution in [2.45, 2.75) is 39.3 Å². The molecule has 0 saturated heterocycles. The summed E-state index contributed by atoms with van der Waals surface area (Å²) in [6, 6.07) is 8.35. The van der Waals surface area contributed by atoms with E-state index in [4.69, 9.17) is 4.18 Å². The molecule has 2 aliphatic rings. The molecular weight excluding hydrogens is 421 g/mol. The Bertz CT molecular complexity index is 1090. The summed E-state index contributed by atoms with van der Waals surface area (Å²) in [6.07, 6.45) is -3.28. The lowest BCUT2D eigenvalue weighted by molar-refractivity contribution is -0.141. The zero-order chi connectivity index (χ0) is 21.9. The molecule has 2 atom stereocenters. The molecule has 10 heteroatoms. The molecule has 30 heavy (non-hydrogen) atoms. The van der Waals surface area contributed by atoms with E-state index in [0.717, 1.165) is 11.1 Å². The van der Waals surface area contributed by atoms with Crippen LogP contribution >= 0.6 is 0 Å². The van der Waals surface area contributed by atoms with E-state index in [2.05, 4.69) is 5.10 Å². The molecule has 162 valence electrons. The number of carbonyl (C=O) groups excluding carboxylic acids is 1. The smallest absolute Gasteiger partial charge is 0.361 e. The van der Waals surface area contributed by atoms with Gasteiger partial charge < -0.3 is 4.18 Å². The average molecular weight is 442 g/mol. The van der Waals surface area contributed by atoms with E-state index in [9.17, 15) is 26.4 Å². The molecule has 0 N–H and O–H groups in total. The number of Topliss-reactive ketones (excluding diaryl/α,β-unsaturated/α-hetero) is 1. The maximum atomic E-state index is 13.2. The Labute approximate surface area is 172 Å². The molecule has 2 fully saturated rings. The normalized spacial score (nSPS) is 25.6. The number of halogens is 3. The minimum absolute atomic E-state index is 0.104. The third-order valence-corrected chi connectivity index (χ3v) is 8.01. The van der Waals surface area contributed by atoms with Gasteiger partial charge in [0, 0.05) is 12.5 Å². The van der Waals surface area contributed by atoms with E-state index in [1.165, 1.54) is 12.1 Å². The van der Waals surface area contributed by atoms with E-state index < -0.39 is 44.5 Å². The molecule has 0 amide bonds. The van der Waals surface area contributed by atoms with Crippen LogP contribution in [0.3, 0.4) is 0 Å². The van der Waals surface area contributed by atoms with Gasteiger partial charge in [0.2, 0.25) is 5.88 Å². The molecular formula is C20H21F3N2O4S. The quantitative estimate of drug-likeness (QED) is 0.655. The minimum atomic E-state index is -4.78. The van der Waals surface area contributed by atoms with Crippen LogP contribution in [0.2, 0.25) is 0 Å². The number of hydrogen-bond acceptors (Lipinski definition) is 5. The second-order valence-corrected chi connectivity index (χ2v) is 10.1. The lowest BCUT2D eigenvalue weighted by Gasteiger charge is -2.35. The summed E-state index contributed by atoms with van der Waals surface area (Å²) in [5.74, 6) is -1.15. The Hall–Kier alpha value is -2.36. The molecule has 2 saturated carbocycles. The summed E-state index contributed by atoms with van der Waals surface area (Å²) < 4.78 is 71.4. The fourth-order valence-corrected chi connectivity index (χ4v) is 6.60. The molecule has 0 radical (unpaired) electrons. The molecule has 1 aromatic carbocycles. The van der Waals surface area contributed by atoms with Crippen molar-refractivity contribution in [2.24, 2.45) is 16.7 Å². The fourth-order valence-electron chi connectivity index (χ4n) is 4.89. The van der Waals surface area contributed by atoms with Crippen molar-refractivity contribution in [1.82, 2.24) is 9.78 Å². The first-order valence-corrected chi connectivity index (χ1v) is 11.1. The monoisotopic (exact) mass is 442 g/mol. The highest BCUT2D eigenvalue weighted by Crippen LogP contribution is 2.64. The van der Waals surface area contributed by atoms with Gasteiger partial charge in [-0.3, -0.25) is 4.79 Å².